The number of allylic oxidation sites excluding steroid dienone is 16. The first-order valence-corrected chi connectivity index (χ1v) is 41.5. The van der Waals surface area contributed by atoms with Gasteiger partial charge >= 0.3 is 33.6 Å². The van der Waals surface area contributed by atoms with E-state index in [9.17, 15) is 43.5 Å². The van der Waals surface area contributed by atoms with E-state index in [0.29, 0.717) is 19.3 Å². The van der Waals surface area contributed by atoms with Gasteiger partial charge in [-0.05, 0) is 128 Å². The number of ether oxygens (including phenoxy) is 3. The number of rotatable bonds is 73. The van der Waals surface area contributed by atoms with E-state index in [-0.39, 0.29) is 19.3 Å². The summed E-state index contributed by atoms with van der Waals surface area (Å²) in [4.78, 5) is 58.5. The highest BCUT2D eigenvalue weighted by Gasteiger charge is 2.29. The van der Waals surface area contributed by atoms with Crippen molar-refractivity contribution >= 4 is 33.6 Å². The Morgan fingerprint density at radius 1 is 0.289 bits per heavy atom. The molecule has 97 heavy (non-hydrogen) atoms. The fourth-order valence-corrected chi connectivity index (χ4v) is 11.9. The third-order valence-corrected chi connectivity index (χ3v) is 18.2. The number of phosphoric acid groups is 2. The van der Waals surface area contributed by atoms with Gasteiger partial charge in [0, 0.05) is 19.3 Å². The van der Waals surface area contributed by atoms with Crippen molar-refractivity contribution in [2.75, 3.05) is 39.6 Å². The molecule has 18 heteroatoms. The summed E-state index contributed by atoms with van der Waals surface area (Å²) in [5.74, 6) is -1.59. The van der Waals surface area contributed by atoms with Crippen LogP contribution in [0.15, 0.2) is 97.2 Å². The number of phosphoric ester groups is 2. The lowest BCUT2D eigenvalue weighted by Crippen LogP contribution is -2.30. The smallest absolute Gasteiger partial charge is 0.463 e. The molecule has 16 nitrogen and oxygen atoms in total. The quantitative estimate of drug-likeness (QED) is 0.0146. The molecule has 0 aromatic heterocycles. The summed E-state index contributed by atoms with van der Waals surface area (Å²) in [6.07, 6.45) is 81.7. The molecule has 0 saturated heterocycles. The molecule has 0 aliphatic rings. The molecule has 0 fully saturated rings. The lowest BCUT2D eigenvalue weighted by Gasteiger charge is -2.21. The van der Waals surface area contributed by atoms with E-state index in [4.69, 9.17) is 32.3 Å². The second-order valence-electron chi connectivity index (χ2n) is 25.8. The van der Waals surface area contributed by atoms with E-state index >= 15 is 0 Å². The van der Waals surface area contributed by atoms with E-state index in [2.05, 4.69) is 118 Å². The van der Waals surface area contributed by atoms with Crippen LogP contribution in [0.3, 0.4) is 0 Å². The normalized spacial score (nSPS) is 14.6. The lowest BCUT2D eigenvalue weighted by molar-refractivity contribution is -0.161. The number of unbranched alkanes of at least 4 members (excludes halogenated alkanes) is 34. The summed E-state index contributed by atoms with van der Waals surface area (Å²) < 4.78 is 61.0. The van der Waals surface area contributed by atoms with E-state index in [0.717, 1.165) is 141 Å². The van der Waals surface area contributed by atoms with Gasteiger partial charge in [-0.25, -0.2) is 9.13 Å². The predicted octanol–water partition coefficient (Wildman–Crippen LogP) is 22.2. The second kappa shape index (κ2) is 72.3. The second-order valence-corrected chi connectivity index (χ2v) is 28.7. The van der Waals surface area contributed by atoms with Crippen molar-refractivity contribution in [1.82, 2.24) is 0 Å². The molecule has 0 rings (SSSR count). The van der Waals surface area contributed by atoms with Crippen LogP contribution in [0.5, 0.6) is 0 Å². The van der Waals surface area contributed by atoms with Crippen LogP contribution < -0.4 is 0 Å². The van der Waals surface area contributed by atoms with E-state index < -0.39 is 91.5 Å². The Morgan fingerprint density at radius 2 is 0.515 bits per heavy atom. The van der Waals surface area contributed by atoms with Crippen LogP contribution >= 0.6 is 15.6 Å². The van der Waals surface area contributed by atoms with Gasteiger partial charge in [-0.3, -0.25) is 32.5 Å². The lowest BCUT2D eigenvalue weighted by atomic mass is 10.0. The van der Waals surface area contributed by atoms with Gasteiger partial charge in [0.1, 0.15) is 25.4 Å². The number of aliphatic hydroxyl groups is 2. The highest BCUT2D eigenvalue weighted by molar-refractivity contribution is 7.47. The number of hydrogen-bond donors (Lipinski definition) is 4. The van der Waals surface area contributed by atoms with Crippen LogP contribution in [-0.4, -0.2) is 95.9 Å². The van der Waals surface area contributed by atoms with Crippen LogP contribution in [-0.2, 0) is 55.8 Å². The van der Waals surface area contributed by atoms with Gasteiger partial charge in [0.15, 0.2) is 6.10 Å². The summed E-state index contributed by atoms with van der Waals surface area (Å²) in [6, 6.07) is 0. The minimum Gasteiger partial charge on any atom is -0.463 e. The Hall–Kier alpha value is -3.53. The monoisotopic (exact) mass is 1410 g/mol. The van der Waals surface area contributed by atoms with Crippen molar-refractivity contribution in [3.63, 3.8) is 0 Å². The molecule has 0 bridgehead atoms. The SMILES string of the molecule is CCCCC/C=C\C/C=C\C/C=C\C/C=C\CCCCCCCCCCCCCCCC(=O)OCC(O)COP(=O)(O)OCC(O)COP(=O)(O)OCC(COC(=O)CCCCCCCC/C=C\C/C=C\C/C=C\CCCCC)OC(=O)CCCCCCC/C=C\CCCCCC. The maximum Gasteiger partial charge on any atom is 0.472 e. The zero-order valence-electron chi connectivity index (χ0n) is 61.2. The first-order chi connectivity index (χ1) is 47.2. The highest BCUT2D eigenvalue weighted by atomic mass is 31.2. The molecule has 0 heterocycles. The molecule has 5 unspecified atom stereocenters. The number of hydrogen-bond acceptors (Lipinski definition) is 14. The zero-order valence-corrected chi connectivity index (χ0v) is 63.0. The van der Waals surface area contributed by atoms with Crippen molar-refractivity contribution < 1.29 is 75.8 Å². The molecule has 5 atom stereocenters. The van der Waals surface area contributed by atoms with Crippen molar-refractivity contribution in [2.24, 2.45) is 0 Å². The van der Waals surface area contributed by atoms with Gasteiger partial charge in [-0.15, -0.1) is 0 Å². The zero-order chi connectivity index (χ0) is 70.9. The standard InChI is InChI=1S/C79H140O16P2/c1-4-7-10-13-16-19-22-25-27-29-31-32-33-34-35-36-37-38-39-40-42-44-45-48-50-53-56-59-62-65-77(82)89-68-74(80)69-91-96(85,86)92-70-75(81)71-93-97(87,88)94-73-76(95-79(84)67-64-61-58-55-52-47-24-21-18-15-12-9-6-3)72-90-78(83)66-63-60-57-54-51-49-46-43-41-30-28-26-23-20-17-14-11-8-5-2/h16-17,19-21,24-28,31-32,34-35,41,43,74-76,80-81H,4-15,18,22-23,29-30,33,36-40,42,44-73H2,1-3H3,(H,85,86)(H,87,88)/b19-16-,20-17-,24-21-,27-25-,28-26-,32-31-,35-34-,43-41-. The molecule has 0 aromatic rings. The van der Waals surface area contributed by atoms with Gasteiger partial charge in [-0.1, -0.05) is 279 Å². The van der Waals surface area contributed by atoms with Crippen LogP contribution in [0.2, 0.25) is 0 Å². The molecule has 0 amide bonds. The molecule has 562 valence electrons. The van der Waals surface area contributed by atoms with E-state index in [1.807, 2.05) is 0 Å². The molecule has 0 aliphatic heterocycles. The Labute approximate surface area is 590 Å². The summed E-state index contributed by atoms with van der Waals surface area (Å²) >= 11 is 0. The topological polar surface area (TPSA) is 231 Å². The average Bonchev–Trinajstić information content (AvgIpc) is 1.64. The van der Waals surface area contributed by atoms with Crippen molar-refractivity contribution in [3.8, 4) is 0 Å². The Bertz CT molecular complexity index is 2150. The molecule has 0 aliphatic carbocycles. The summed E-state index contributed by atoms with van der Waals surface area (Å²) in [5, 5.41) is 20.6. The number of esters is 3. The largest absolute Gasteiger partial charge is 0.472 e. The van der Waals surface area contributed by atoms with E-state index in [1.165, 1.54) is 128 Å². The molecule has 0 radical (unpaired) electrons. The van der Waals surface area contributed by atoms with Crippen molar-refractivity contribution in [1.29, 1.82) is 0 Å². The summed E-state index contributed by atoms with van der Waals surface area (Å²) in [5.41, 5.74) is 0. The summed E-state index contributed by atoms with van der Waals surface area (Å²) in [6.45, 7) is 2.60. The van der Waals surface area contributed by atoms with Gasteiger partial charge in [0.25, 0.3) is 0 Å². The first kappa shape index (κ1) is 93.5. The molecule has 0 spiro atoms. The maximum absolute atomic E-state index is 12.9. The van der Waals surface area contributed by atoms with Gasteiger partial charge in [0.05, 0.1) is 26.4 Å². The molecule has 4 N–H and O–H groups in total. The highest BCUT2D eigenvalue weighted by Crippen LogP contribution is 2.45. The van der Waals surface area contributed by atoms with Crippen molar-refractivity contribution in [2.45, 2.75) is 347 Å². The van der Waals surface area contributed by atoms with Crippen LogP contribution in [0.4, 0.5) is 0 Å². The first-order valence-electron chi connectivity index (χ1n) is 38.5. The Kier molecular flexibility index (Phi) is 69.6. The molecular weight excluding hydrogens is 1270 g/mol. The third kappa shape index (κ3) is 73.5. The predicted molar refractivity (Wildman–Crippen MR) is 399 cm³/mol. The Balaban J connectivity index is 4.48. The molecule has 0 saturated carbocycles. The number of carbonyl (C=O) groups is 3. The van der Waals surface area contributed by atoms with Crippen LogP contribution in [0, 0.1) is 0 Å². The number of aliphatic hydroxyl groups excluding tert-OH is 2. The maximum atomic E-state index is 12.9. The minimum absolute atomic E-state index is 0.0919. The third-order valence-electron chi connectivity index (χ3n) is 16.3. The van der Waals surface area contributed by atoms with Gasteiger partial charge < -0.3 is 34.2 Å². The van der Waals surface area contributed by atoms with Gasteiger partial charge in [-0.2, -0.15) is 0 Å². The van der Waals surface area contributed by atoms with Crippen LogP contribution in [0.1, 0.15) is 329 Å². The minimum atomic E-state index is -4.93. The van der Waals surface area contributed by atoms with Crippen molar-refractivity contribution in [3.05, 3.63) is 97.2 Å². The summed E-state index contributed by atoms with van der Waals surface area (Å²) in [7, 11) is -9.78. The molecular formula is C79H140O16P2. The molecule has 0 aromatic carbocycles. The fourth-order valence-electron chi connectivity index (χ4n) is 10.3. The number of carbonyl (C=O) groups excluding carboxylic acids is 3. The fraction of sp³-hybridized carbons (Fsp3) is 0.759. The van der Waals surface area contributed by atoms with E-state index in [1.54, 1.807) is 0 Å². The average molecular weight is 1410 g/mol. The Morgan fingerprint density at radius 3 is 0.845 bits per heavy atom. The van der Waals surface area contributed by atoms with Gasteiger partial charge in [0.2, 0.25) is 0 Å². The van der Waals surface area contributed by atoms with Crippen LogP contribution in [0.25, 0.3) is 0 Å².